The number of hydrogen-bond acceptors (Lipinski definition) is 1. The van der Waals surface area contributed by atoms with Gasteiger partial charge in [0, 0.05) is 18.0 Å². The molecular formula is C16H14ClF2NO. The first-order chi connectivity index (χ1) is 10.1. The van der Waals surface area contributed by atoms with Gasteiger partial charge in [0.1, 0.15) is 11.6 Å². The van der Waals surface area contributed by atoms with Crippen molar-refractivity contribution in [3.63, 3.8) is 0 Å². The third kappa shape index (κ3) is 4.26. The number of alkyl halides is 1. The minimum atomic E-state index is -0.711. The normalized spacial score (nSPS) is 10.4. The molecule has 1 N–H and O–H groups in total. The summed E-state index contributed by atoms with van der Waals surface area (Å²) in [5, 5.41) is 2.63. The monoisotopic (exact) mass is 309 g/mol. The minimum Gasteiger partial charge on any atom is -0.352 e. The summed E-state index contributed by atoms with van der Waals surface area (Å²) >= 11 is 5.69. The molecule has 0 aliphatic heterocycles. The van der Waals surface area contributed by atoms with Gasteiger partial charge in [0.05, 0.1) is 6.42 Å². The van der Waals surface area contributed by atoms with Crippen LogP contribution in [0, 0.1) is 11.6 Å². The summed E-state index contributed by atoms with van der Waals surface area (Å²) in [5.74, 6) is -1.42. The van der Waals surface area contributed by atoms with E-state index in [-0.39, 0.29) is 12.0 Å². The molecule has 0 saturated heterocycles. The molecule has 0 fully saturated rings. The third-order valence-corrected chi connectivity index (χ3v) is 3.37. The van der Waals surface area contributed by atoms with Crippen molar-refractivity contribution < 1.29 is 13.6 Å². The van der Waals surface area contributed by atoms with Crippen molar-refractivity contribution in [3.05, 3.63) is 70.8 Å². The van der Waals surface area contributed by atoms with Gasteiger partial charge >= 0.3 is 0 Å². The van der Waals surface area contributed by atoms with E-state index >= 15 is 0 Å². The van der Waals surface area contributed by atoms with E-state index in [1.165, 1.54) is 6.07 Å². The van der Waals surface area contributed by atoms with E-state index in [0.717, 1.165) is 23.3 Å². The van der Waals surface area contributed by atoms with E-state index in [9.17, 15) is 13.6 Å². The molecule has 2 nitrogen and oxygen atoms in total. The summed E-state index contributed by atoms with van der Waals surface area (Å²) in [5.41, 5.74) is 1.67. The fourth-order valence-corrected chi connectivity index (χ4v) is 2.05. The molecule has 5 heteroatoms. The molecule has 0 saturated carbocycles. The first-order valence-electron chi connectivity index (χ1n) is 6.43. The van der Waals surface area contributed by atoms with Crippen molar-refractivity contribution in [1.29, 1.82) is 0 Å². The summed E-state index contributed by atoms with van der Waals surface area (Å²) in [4.78, 5) is 11.7. The molecule has 0 heterocycles. The van der Waals surface area contributed by atoms with Crippen molar-refractivity contribution >= 4 is 17.5 Å². The lowest BCUT2D eigenvalue weighted by Gasteiger charge is -2.07. The Bertz CT molecular complexity index is 608. The minimum absolute atomic E-state index is 0.215. The highest BCUT2D eigenvalue weighted by molar-refractivity contribution is 6.17. The van der Waals surface area contributed by atoms with Crippen LogP contribution in [0.25, 0.3) is 0 Å². The Morgan fingerprint density at radius 1 is 1.00 bits per heavy atom. The van der Waals surface area contributed by atoms with E-state index in [1.54, 1.807) is 0 Å². The van der Waals surface area contributed by atoms with Crippen molar-refractivity contribution in [3.8, 4) is 0 Å². The van der Waals surface area contributed by atoms with Crippen LogP contribution in [0.4, 0.5) is 8.78 Å². The lowest BCUT2D eigenvalue weighted by Crippen LogP contribution is -2.25. The van der Waals surface area contributed by atoms with Gasteiger partial charge in [-0.05, 0) is 23.3 Å². The Morgan fingerprint density at radius 3 is 2.14 bits per heavy atom. The molecule has 0 radical (unpaired) electrons. The number of rotatable bonds is 5. The summed E-state index contributed by atoms with van der Waals surface area (Å²) in [6, 6.07) is 11.0. The predicted molar refractivity (Wildman–Crippen MR) is 77.9 cm³/mol. The zero-order chi connectivity index (χ0) is 15.2. The van der Waals surface area contributed by atoms with Crippen LogP contribution in [-0.2, 0) is 23.6 Å². The van der Waals surface area contributed by atoms with Crippen LogP contribution < -0.4 is 5.32 Å². The second-order valence-electron chi connectivity index (χ2n) is 4.60. The molecule has 0 atom stereocenters. The predicted octanol–water partition coefficient (Wildman–Crippen LogP) is 3.56. The second kappa shape index (κ2) is 7.18. The smallest absolute Gasteiger partial charge is 0.224 e. The van der Waals surface area contributed by atoms with Gasteiger partial charge in [-0.15, -0.1) is 11.6 Å². The lowest BCUT2D eigenvalue weighted by atomic mass is 10.1. The Kier molecular flexibility index (Phi) is 5.28. The fraction of sp³-hybridized carbons (Fsp3) is 0.188. The Balaban J connectivity index is 1.92. The van der Waals surface area contributed by atoms with Gasteiger partial charge in [0.15, 0.2) is 0 Å². The van der Waals surface area contributed by atoms with Crippen molar-refractivity contribution in [2.24, 2.45) is 0 Å². The molecule has 0 aliphatic carbocycles. The summed E-state index contributed by atoms with van der Waals surface area (Å²) in [6.07, 6.45) is -0.321. The lowest BCUT2D eigenvalue weighted by molar-refractivity contribution is -0.120. The molecule has 0 aliphatic rings. The molecule has 2 rings (SSSR count). The van der Waals surface area contributed by atoms with Crippen LogP contribution in [0.3, 0.4) is 0 Å². The van der Waals surface area contributed by atoms with E-state index in [1.807, 2.05) is 24.3 Å². The molecule has 2 aromatic carbocycles. The maximum absolute atomic E-state index is 13.4. The molecule has 0 spiro atoms. The van der Waals surface area contributed by atoms with E-state index in [4.69, 9.17) is 11.6 Å². The highest BCUT2D eigenvalue weighted by Gasteiger charge is 2.12. The Labute approximate surface area is 126 Å². The number of halogens is 3. The highest BCUT2D eigenvalue weighted by Crippen LogP contribution is 2.13. The molecule has 2 aromatic rings. The molecule has 110 valence electrons. The SMILES string of the molecule is O=C(Cc1c(F)cccc1F)NCc1ccc(CCl)cc1. The number of amides is 1. The van der Waals surface area contributed by atoms with E-state index in [2.05, 4.69) is 5.32 Å². The molecular weight excluding hydrogens is 296 g/mol. The number of carbonyl (C=O) groups is 1. The van der Waals surface area contributed by atoms with E-state index < -0.39 is 17.5 Å². The maximum atomic E-state index is 13.4. The molecule has 1 amide bonds. The zero-order valence-corrected chi connectivity index (χ0v) is 12.0. The Hall–Kier alpha value is -1.94. The van der Waals surface area contributed by atoms with Gasteiger partial charge in [0.2, 0.25) is 5.91 Å². The van der Waals surface area contributed by atoms with Crippen molar-refractivity contribution in [2.45, 2.75) is 18.8 Å². The molecule has 21 heavy (non-hydrogen) atoms. The molecule has 0 aromatic heterocycles. The number of nitrogens with one attached hydrogen (secondary N) is 1. The summed E-state index contributed by atoms with van der Waals surface area (Å²) in [7, 11) is 0. The number of benzene rings is 2. The van der Waals surface area contributed by atoms with Crippen LogP contribution in [0.5, 0.6) is 0 Å². The maximum Gasteiger partial charge on any atom is 0.224 e. The van der Waals surface area contributed by atoms with Crippen molar-refractivity contribution in [1.82, 2.24) is 5.32 Å². The first-order valence-corrected chi connectivity index (χ1v) is 6.97. The first kappa shape index (κ1) is 15.4. The number of hydrogen-bond donors (Lipinski definition) is 1. The standard InChI is InChI=1S/C16H14ClF2NO/c17-9-11-4-6-12(7-5-11)10-20-16(21)8-13-14(18)2-1-3-15(13)19/h1-7H,8-10H2,(H,20,21). The third-order valence-electron chi connectivity index (χ3n) is 3.07. The van der Waals surface area contributed by atoms with Crippen LogP contribution in [0.15, 0.2) is 42.5 Å². The molecule has 0 unspecified atom stereocenters. The van der Waals surface area contributed by atoms with E-state index in [0.29, 0.717) is 12.4 Å². The Morgan fingerprint density at radius 2 is 1.57 bits per heavy atom. The van der Waals surface area contributed by atoms with Gasteiger partial charge in [0.25, 0.3) is 0 Å². The van der Waals surface area contributed by atoms with Gasteiger partial charge in [-0.1, -0.05) is 30.3 Å². The van der Waals surface area contributed by atoms with Gasteiger partial charge in [-0.2, -0.15) is 0 Å². The largest absolute Gasteiger partial charge is 0.352 e. The number of carbonyl (C=O) groups excluding carboxylic acids is 1. The van der Waals surface area contributed by atoms with Crippen LogP contribution in [-0.4, -0.2) is 5.91 Å². The van der Waals surface area contributed by atoms with Crippen LogP contribution in [0.2, 0.25) is 0 Å². The summed E-state index contributed by atoms with van der Waals surface area (Å²) < 4.78 is 26.8. The van der Waals surface area contributed by atoms with Crippen molar-refractivity contribution in [2.75, 3.05) is 0 Å². The average molecular weight is 310 g/mol. The fourth-order valence-electron chi connectivity index (χ4n) is 1.87. The zero-order valence-electron chi connectivity index (χ0n) is 11.2. The van der Waals surface area contributed by atoms with Crippen LogP contribution >= 0.6 is 11.6 Å². The van der Waals surface area contributed by atoms with Gasteiger partial charge in [-0.3, -0.25) is 4.79 Å². The second-order valence-corrected chi connectivity index (χ2v) is 4.87. The molecule has 0 bridgehead atoms. The summed E-state index contributed by atoms with van der Waals surface area (Å²) in [6.45, 7) is 0.303. The van der Waals surface area contributed by atoms with Gasteiger partial charge < -0.3 is 5.32 Å². The quantitative estimate of drug-likeness (QED) is 0.841. The average Bonchev–Trinajstić information content (AvgIpc) is 2.49. The highest BCUT2D eigenvalue weighted by atomic mass is 35.5. The topological polar surface area (TPSA) is 29.1 Å². The van der Waals surface area contributed by atoms with Crippen LogP contribution in [0.1, 0.15) is 16.7 Å². The van der Waals surface area contributed by atoms with Gasteiger partial charge in [-0.25, -0.2) is 8.78 Å².